The summed E-state index contributed by atoms with van der Waals surface area (Å²) >= 11 is 8.49. The van der Waals surface area contributed by atoms with Crippen molar-refractivity contribution in [3.8, 4) is 0 Å². The molecule has 0 fully saturated rings. The predicted molar refractivity (Wildman–Crippen MR) is 115 cm³/mol. The Morgan fingerprint density at radius 1 is 0.560 bits per heavy atom. The molecule has 0 N–H and O–H groups in total. The Morgan fingerprint density at radius 3 is 1.28 bits per heavy atom. The van der Waals surface area contributed by atoms with Crippen LogP contribution in [0, 0.1) is 0 Å². The molecule has 152 valence electrons. The Labute approximate surface area is 167 Å². The van der Waals surface area contributed by atoms with E-state index in [1.807, 2.05) is 6.92 Å². The van der Waals surface area contributed by atoms with E-state index in [1.54, 1.807) is 0 Å². The number of hydrogen-bond donors (Lipinski definition) is 2. The van der Waals surface area contributed by atoms with E-state index in [1.165, 1.54) is 57.8 Å². The van der Waals surface area contributed by atoms with Crippen molar-refractivity contribution in [3.05, 3.63) is 0 Å². The largest absolute Gasteiger partial charge is 0.328 e. The maximum atomic E-state index is 5.97. The summed E-state index contributed by atoms with van der Waals surface area (Å²) in [4.78, 5) is 0. The number of ether oxygens (including phenoxy) is 3. The lowest BCUT2D eigenvalue weighted by molar-refractivity contribution is -0.370. The second-order valence-electron chi connectivity index (χ2n) is 6.74. The first kappa shape index (κ1) is 25.6. The van der Waals surface area contributed by atoms with Gasteiger partial charge in [-0.15, -0.1) is 0 Å². The summed E-state index contributed by atoms with van der Waals surface area (Å²) in [6.07, 6.45) is 14.0. The van der Waals surface area contributed by atoms with Crippen LogP contribution in [0.1, 0.15) is 90.9 Å². The second kappa shape index (κ2) is 19.3. The third kappa shape index (κ3) is 17.7. The van der Waals surface area contributed by atoms with Crippen molar-refractivity contribution >= 4 is 25.3 Å². The first-order valence-corrected chi connectivity index (χ1v) is 11.6. The Kier molecular flexibility index (Phi) is 19.8. The molecule has 0 aromatic carbocycles. The van der Waals surface area contributed by atoms with Crippen LogP contribution in [0.25, 0.3) is 0 Å². The number of thiol groups is 2. The molecule has 0 aliphatic rings. The monoisotopic (exact) mass is 394 g/mol. The quantitative estimate of drug-likeness (QED) is 0.145. The molecule has 0 amide bonds. The summed E-state index contributed by atoms with van der Waals surface area (Å²) in [5.41, 5.74) is 0. The van der Waals surface area contributed by atoms with Crippen molar-refractivity contribution in [3.63, 3.8) is 0 Å². The molecule has 0 bridgehead atoms. The Bertz CT molecular complexity index is 249. The lowest BCUT2D eigenvalue weighted by atomic mass is 10.2. The van der Waals surface area contributed by atoms with Gasteiger partial charge in [-0.2, -0.15) is 25.3 Å². The van der Waals surface area contributed by atoms with Gasteiger partial charge in [-0.25, -0.2) is 0 Å². The Morgan fingerprint density at radius 2 is 0.920 bits per heavy atom. The van der Waals surface area contributed by atoms with Gasteiger partial charge in [-0.05, 0) is 43.6 Å². The maximum absolute atomic E-state index is 5.97. The standard InChI is InChI=1S/C20H42O3S2/c1-3-4-5-10-15-21-20(2,22-16-11-6-8-13-18-24)23-17-12-7-9-14-19-25/h24-25H,3-19H2,1-2H3. The lowest BCUT2D eigenvalue weighted by Gasteiger charge is -2.30. The number of hydrogen-bond acceptors (Lipinski definition) is 5. The summed E-state index contributed by atoms with van der Waals surface area (Å²) < 4.78 is 17.9. The van der Waals surface area contributed by atoms with Crippen LogP contribution in [-0.4, -0.2) is 37.3 Å². The van der Waals surface area contributed by atoms with Gasteiger partial charge < -0.3 is 14.2 Å². The fraction of sp³-hybridized carbons (Fsp3) is 1.00. The average molecular weight is 395 g/mol. The van der Waals surface area contributed by atoms with Gasteiger partial charge in [0.15, 0.2) is 0 Å². The molecule has 0 radical (unpaired) electrons. The third-order valence-electron chi connectivity index (χ3n) is 4.20. The van der Waals surface area contributed by atoms with E-state index in [-0.39, 0.29) is 0 Å². The van der Waals surface area contributed by atoms with Crippen molar-refractivity contribution in [2.45, 2.75) is 96.9 Å². The van der Waals surface area contributed by atoms with E-state index in [2.05, 4.69) is 32.2 Å². The summed E-state index contributed by atoms with van der Waals surface area (Å²) in [5.74, 6) is 1.05. The molecular weight excluding hydrogens is 352 g/mol. The molecule has 0 aliphatic carbocycles. The van der Waals surface area contributed by atoms with Crippen LogP contribution in [0.2, 0.25) is 0 Å². The van der Waals surface area contributed by atoms with Crippen LogP contribution in [0.3, 0.4) is 0 Å². The van der Waals surface area contributed by atoms with Crippen molar-refractivity contribution in [2.75, 3.05) is 31.3 Å². The van der Waals surface area contributed by atoms with E-state index < -0.39 is 5.97 Å². The van der Waals surface area contributed by atoms with Crippen LogP contribution in [0.4, 0.5) is 0 Å². The van der Waals surface area contributed by atoms with Crippen LogP contribution < -0.4 is 0 Å². The summed E-state index contributed by atoms with van der Waals surface area (Å²) in [6.45, 7) is 6.23. The molecule has 3 nitrogen and oxygen atoms in total. The summed E-state index contributed by atoms with van der Waals surface area (Å²) in [7, 11) is 0. The molecule has 0 atom stereocenters. The van der Waals surface area contributed by atoms with E-state index in [4.69, 9.17) is 14.2 Å². The molecular formula is C20H42O3S2. The fourth-order valence-corrected chi connectivity index (χ4v) is 3.01. The van der Waals surface area contributed by atoms with Gasteiger partial charge in [0.2, 0.25) is 0 Å². The lowest BCUT2D eigenvalue weighted by Crippen LogP contribution is -2.37. The number of unbranched alkanes of at least 4 members (excludes halogenated alkanes) is 9. The molecule has 0 spiro atoms. The highest BCUT2D eigenvalue weighted by atomic mass is 32.1. The van der Waals surface area contributed by atoms with Gasteiger partial charge in [-0.3, -0.25) is 0 Å². The summed E-state index contributed by atoms with van der Waals surface area (Å²) in [5, 5.41) is 0. The highest BCUT2D eigenvalue weighted by molar-refractivity contribution is 7.80. The van der Waals surface area contributed by atoms with Crippen molar-refractivity contribution < 1.29 is 14.2 Å². The third-order valence-corrected chi connectivity index (χ3v) is 4.83. The molecule has 0 aliphatic heterocycles. The maximum Gasteiger partial charge on any atom is 0.279 e. The van der Waals surface area contributed by atoms with Gasteiger partial charge in [0.1, 0.15) is 0 Å². The van der Waals surface area contributed by atoms with E-state index in [9.17, 15) is 0 Å². The zero-order valence-electron chi connectivity index (χ0n) is 16.6. The first-order chi connectivity index (χ1) is 12.2. The summed E-state index contributed by atoms with van der Waals surface area (Å²) in [6, 6.07) is 0. The van der Waals surface area contributed by atoms with Gasteiger partial charge in [-0.1, -0.05) is 51.9 Å². The minimum Gasteiger partial charge on any atom is -0.328 e. The molecule has 0 aromatic rings. The van der Waals surface area contributed by atoms with Crippen molar-refractivity contribution in [1.82, 2.24) is 0 Å². The minimum atomic E-state index is -0.890. The van der Waals surface area contributed by atoms with Crippen LogP contribution in [0.5, 0.6) is 0 Å². The van der Waals surface area contributed by atoms with Gasteiger partial charge >= 0.3 is 0 Å². The fourth-order valence-electron chi connectivity index (χ4n) is 2.56. The molecule has 0 saturated carbocycles. The van der Waals surface area contributed by atoms with Crippen LogP contribution >= 0.6 is 25.3 Å². The van der Waals surface area contributed by atoms with E-state index in [0.29, 0.717) is 19.8 Å². The topological polar surface area (TPSA) is 27.7 Å². The van der Waals surface area contributed by atoms with Gasteiger partial charge in [0.25, 0.3) is 5.97 Å². The molecule has 25 heavy (non-hydrogen) atoms. The minimum absolute atomic E-state index is 0.692. The molecule has 5 heteroatoms. The highest BCUT2D eigenvalue weighted by Gasteiger charge is 2.26. The van der Waals surface area contributed by atoms with E-state index in [0.717, 1.165) is 30.8 Å². The molecule has 0 rings (SSSR count). The van der Waals surface area contributed by atoms with Gasteiger partial charge in [0.05, 0.1) is 19.8 Å². The molecule has 0 saturated heterocycles. The van der Waals surface area contributed by atoms with E-state index >= 15 is 0 Å². The number of rotatable bonds is 20. The molecule has 0 unspecified atom stereocenters. The normalized spacial score (nSPS) is 12.0. The average Bonchev–Trinajstić information content (AvgIpc) is 2.61. The van der Waals surface area contributed by atoms with Crippen molar-refractivity contribution in [1.29, 1.82) is 0 Å². The van der Waals surface area contributed by atoms with Crippen LogP contribution in [-0.2, 0) is 14.2 Å². The zero-order valence-corrected chi connectivity index (χ0v) is 18.4. The second-order valence-corrected chi connectivity index (χ2v) is 7.64. The first-order valence-electron chi connectivity index (χ1n) is 10.3. The molecule has 0 aromatic heterocycles. The smallest absolute Gasteiger partial charge is 0.279 e. The molecule has 0 heterocycles. The zero-order chi connectivity index (χ0) is 18.6. The highest BCUT2D eigenvalue weighted by Crippen LogP contribution is 2.18. The van der Waals surface area contributed by atoms with Crippen molar-refractivity contribution in [2.24, 2.45) is 0 Å². The SMILES string of the molecule is CCCCCCOC(C)(OCCCCCCS)OCCCCCCS. The predicted octanol–water partition coefficient (Wildman–Crippen LogP) is 6.27. The Balaban J connectivity index is 4.01. The van der Waals surface area contributed by atoms with Gasteiger partial charge in [0, 0.05) is 6.92 Å². The Hall–Kier alpha value is 0.580. The van der Waals surface area contributed by atoms with Crippen LogP contribution in [0.15, 0.2) is 0 Å².